The maximum atomic E-state index is 6.30. The maximum absolute atomic E-state index is 6.30. The average Bonchev–Trinajstić information content (AvgIpc) is 2.67. The highest BCUT2D eigenvalue weighted by molar-refractivity contribution is 5.96. The minimum Gasteiger partial charge on any atom is -0.397 e. The highest BCUT2D eigenvalue weighted by Crippen LogP contribution is 2.30. The third-order valence-electron chi connectivity index (χ3n) is 4.44. The lowest BCUT2D eigenvalue weighted by atomic mass is 10.0. The van der Waals surface area contributed by atoms with Crippen LogP contribution in [0.25, 0.3) is 10.9 Å². The van der Waals surface area contributed by atoms with Crippen LogP contribution in [-0.4, -0.2) is 11.0 Å². The predicted molar refractivity (Wildman–Crippen MR) is 85.8 cm³/mol. The molecule has 1 aromatic carbocycles. The number of hydrogen-bond donors (Lipinski definition) is 2. The third kappa shape index (κ3) is 2.72. The molecule has 1 fully saturated rings. The van der Waals surface area contributed by atoms with Gasteiger partial charge in [-0.3, -0.25) is 4.98 Å². The largest absolute Gasteiger partial charge is 0.397 e. The number of rotatable bonds is 2. The number of anilines is 2. The lowest BCUT2D eigenvalue weighted by Crippen LogP contribution is -2.19. The van der Waals surface area contributed by atoms with Gasteiger partial charge in [-0.15, -0.1) is 0 Å². The molecule has 0 amide bonds. The van der Waals surface area contributed by atoms with Crippen molar-refractivity contribution < 1.29 is 0 Å². The van der Waals surface area contributed by atoms with Gasteiger partial charge in [0.2, 0.25) is 0 Å². The van der Waals surface area contributed by atoms with Crippen molar-refractivity contribution in [3.63, 3.8) is 0 Å². The van der Waals surface area contributed by atoms with Crippen molar-refractivity contribution in [2.24, 2.45) is 5.92 Å². The van der Waals surface area contributed by atoms with Gasteiger partial charge in [0, 0.05) is 17.6 Å². The summed E-state index contributed by atoms with van der Waals surface area (Å²) in [6.45, 7) is 2.36. The van der Waals surface area contributed by atoms with Crippen LogP contribution in [-0.2, 0) is 0 Å². The average molecular weight is 269 g/mol. The quantitative estimate of drug-likeness (QED) is 0.634. The van der Waals surface area contributed by atoms with E-state index in [2.05, 4.69) is 23.3 Å². The minimum atomic E-state index is 0.552. The Bertz CT molecular complexity index is 594. The number of hydrogen-bond acceptors (Lipinski definition) is 3. The summed E-state index contributed by atoms with van der Waals surface area (Å²) in [7, 11) is 0. The molecule has 0 radical (unpaired) electrons. The molecule has 1 aromatic heterocycles. The molecular weight excluding hydrogens is 246 g/mol. The summed E-state index contributed by atoms with van der Waals surface area (Å²) in [4.78, 5) is 4.35. The van der Waals surface area contributed by atoms with E-state index in [0.29, 0.717) is 6.04 Å². The van der Waals surface area contributed by atoms with Gasteiger partial charge in [-0.05, 0) is 49.4 Å². The first-order chi connectivity index (χ1) is 9.74. The summed E-state index contributed by atoms with van der Waals surface area (Å²) in [5.41, 5.74) is 9.15. The first kappa shape index (κ1) is 13.2. The number of aromatic nitrogens is 1. The fourth-order valence-corrected chi connectivity index (χ4v) is 3.15. The summed E-state index contributed by atoms with van der Waals surface area (Å²) in [5, 5.41) is 4.69. The number of fused-ring (bicyclic) bond motifs is 1. The molecule has 1 heterocycles. The second-order valence-electron chi connectivity index (χ2n) is 6.05. The van der Waals surface area contributed by atoms with Crippen LogP contribution >= 0.6 is 0 Å². The van der Waals surface area contributed by atoms with E-state index in [4.69, 9.17) is 5.73 Å². The lowest BCUT2D eigenvalue weighted by molar-refractivity contribution is 0.502. The summed E-state index contributed by atoms with van der Waals surface area (Å²) in [6, 6.07) is 8.65. The number of nitrogens with zero attached hydrogens (tertiary/aromatic N) is 1. The second kappa shape index (κ2) is 5.70. The number of nitrogen functional groups attached to an aromatic ring is 1. The zero-order chi connectivity index (χ0) is 13.9. The van der Waals surface area contributed by atoms with Crippen LogP contribution in [0.5, 0.6) is 0 Å². The first-order valence-corrected chi connectivity index (χ1v) is 7.64. The third-order valence-corrected chi connectivity index (χ3v) is 4.44. The van der Waals surface area contributed by atoms with Crippen LogP contribution < -0.4 is 11.1 Å². The molecule has 3 N–H and O–H groups in total. The molecule has 0 bridgehead atoms. The van der Waals surface area contributed by atoms with Gasteiger partial charge < -0.3 is 11.1 Å². The number of nitrogens with two attached hydrogens (primary N) is 1. The highest BCUT2D eigenvalue weighted by Gasteiger charge is 2.17. The van der Waals surface area contributed by atoms with Gasteiger partial charge in [0.25, 0.3) is 0 Å². The van der Waals surface area contributed by atoms with Crippen molar-refractivity contribution in [2.75, 3.05) is 11.1 Å². The smallest absolute Gasteiger partial charge is 0.0724 e. The van der Waals surface area contributed by atoms with Crippen LogP contribution in [0.2, 0.25) is 0 Å². The number of nitrogens with one attached hydrogen (secondary N) is 1. The Morgan fingerprint density at radius 3 is 2.95 bits per heavy atom. The van der Waals surface area contributed by atoms with Crippen molar-refractivity contribution >= 4 is 22.3 Å². The van der Waals surface area contributed by atoms with Crippen molar-refractivity contribution in [2.45, 2.75) is 45.1 Å². The van der Waals surface area contributed by atoms with E-state index in [-0.39, 0.29) is 0 Å². The van der Waals surface area contributed by atoms with Gasteiger partial charge in [0.15, 0.2) is 0 Å². The zero-order valence-corrected chi connectivity index (χ0v) is 12.1. The van der Waals surface area contributed by atoms with Crippen molar-refractivity contribution in [3.8, 4) is 0 Å². The zero-order valence-electron chi connectivity index (χ0n) is 12.1. The predicted octanol–water partition coefficient (Wildman–Crippen LogP) is 4.20. The Hall–Kier alpha value is -1.77. The maximum Gasteiger partial charge on any atom is 0.0724 e. The fraction of sp³-hybridized carbons (Fsp3) is 0.471. The van der Waals surface area contributed by atoms with Crippen LogP contribution in [0.4, 0.5) is 11.4 Å². The Morgan fingerprint density at radius 2 is 2.05 bits per heavy atom. The molecule has 106 valence electrons. The molecule has 1 aliphatic carbocycles. The molecule has 0 saturated heterocycles. The van der Waals surface area contributed by atoms with E-state index in [1.54, 1.807) is 0 Å². The van der Waals surface area contributed by atoms with E-state index in [9.17, 15) is 0 Å². The van der Waals surface area contributed by atoms with Gasteiger partial charge in [-0.1, -0.05) is 19.8 Å². The molecule has 1 aliphatic rings. The van der Waals surface area contributed by atoms with E-state index in [1.165, 1.54) is 32.1 Å². The Labute approximate surface area is 120 Å². The molecule has 2 aromatic rings. The number of benzene rings is 1. The summed E-state index contributed by atoms with van der Waals surface area (Å²) >= 11 is 0. The van der Waals surface area contributed by atoms with Crippen molar-refractivity contribution in [1.82, 2.24) is 4.98 Å². The molecule has 2 atom stereocenters. The van der Waals surface area contributed by atoms with Gasteiger partial charge in [-0.25, -0.2) is 0 Å². The van der Waals surface area contributed by atoms with E-state index in [1.807, 2.05) is 24.4 Å². The Kier molecular flexibility index (Phi) is 3.77. The van der Waals surface area contributed by atoms with E-state index < -0.39 is 0 Å². The highest BCUT2D eigenvalue weighted by atomic mass is 14.9. The Morgan fingerprint density at radius 1 is 1.15 bits per heavy atom. The van der Waals surface area contributed by atoms with Crippen LogP contribution in [0, 0.1) is 5.92 Å². The molecule has 3 nitrogen and oxygen atoms in total. The minimum absolute atomic E-state index is 0.552. The van der Waals surface area contributed by atoms with E-state index in [0.717, 1.165) is 28.2 Å². The SMILES string of the molecule is CC1CCCC(Nc2ccc3ncccc3c2N)CC1. The summed E-state index contributed by atoms with van der Waals surface area (Å²) in [5.74, 6) is 0.861. The summed E-state index contributed by atoms with van der Waals surface area (Å²) in [6.07, 6.45) is 8.28. The molecule has 2 unspecified atom stereocenters. The van der Waals surface area contributed by atoms with Crippen LogP contribution in [0.15, 0.2) is 30.5 Å². The fourth-order valence-electron chi connectivity index (χ4n) is 3.15. The van der Waals surface area contributed by atoms with Crippen LogP contribution in [0.1, 0.15) is 39.0 Å². The van der Waals surface area contributed by atoms with Gasteiger partial charge in [-0.2, -0.15) is 0 Å². The lowest BCUT2D eigenvalue weighted by Gasteiger charge is -2.20. The standard InChI is InChI=1S/C17H23N3/c1-12-4-2-5-13(8-7-12)20-16-10-9-15-14(17(16)18)6-3-11-19-15/h3,6,9-13,20H,2,4-5,7-8,18H2,1H3. The van der Waals surface area contributed by atoms with Gasteiger partial charge >= 0.3 is 0 Å². The van der Waals surface area contributed by atoms with Crippen molar-refractivity contribution in [1.29, 1.82) is 0 Å². The molecule has 0 aliphatic heterocycles. The number of pyridine rings is 1. The molecule has 3 heteroatoms. The second-order valence-corrected chi connectivity index (χ2v) is 6.05. The van der Waals surface area contributed by atoms with Gasteiger partial charge in [0.1, 0.15) is 0 Å². The molecule has 3 rings (SSSR count). The molecule has 0 spiro atoms. The normalized spacial score (nSPS) is 23.4. The van der Waals surface area contributed by atoms with E-state index >= 15 is 0 Å². The summed E-state index contributed by atoms with van der Waals surface area (Å²) < 4.78 is 0. The Balaban J connectivity index is 1.82. The topological polar surface area (TPSA) is 50.9 Å². The monoisotopic (exact) mass is 269 g/mol. The van der Waals surface area contributed by atoms with Crippen LogP contribution in [0.3, 0.4) is 0 Å². The molecule has 1 saturated carbocycles. The molecule has 20 heavy (non-hydrogen) atoms. The van der Waals surface area contributed by atoms with Crippen molar-refractivity contribution in [3.05, 3.63) is 30.5 Å². The first-order valence-electron chi connectivity index (χ1n) is 7.64. The molecular formula is C17H23N3. The van der Waals surface area contributed by atoms with Gasteiger partial charge in [0.05, 0.1) is 16.9 Å².